The molecule has 2 unspecified atom stereocenters. The summed E-state index contributed by atoms with van der Waals surface area (Å²) in [5, 5.41) is 26.0. The van der Waals surface area contributed by atoms with Crippen LogP contribution in [-0.2, 0) is 4.79 Å². The van der Waals surface area contributed by atoms with Crippen LogP contribution in [0.15, 0.2) is 0 Å². The van der Waals surface area contributed by atoms with Gasteiger partial charge >= 0.3 is 0 Å². The smallest absolute Gasteiger partial charge is 0.300 e. The predicted octanol–water partition coefficient (Wildman–Crippen LogP) is 2.18. The third-order valence-corrected chi connectivity index (χ3v) is 2.13. The lowest BCUT2D eigenvalue weighted by Gasteiger charge is -2.33. The summed E-state index contributed by atoms with van der Waals surface area (Å²) < 4.78 is 0. The standard InChI is InChI=1S/C7H14O2.C3H8.C2H4O2/c1-7(9)5-3-2-4-6(7)8;1-3-2;1-2(3)4/h6,8-9H,2-5H2,1H3;3H2,1-2H3;1H3,(H,3,4). The number of carbonyl (C=O) groups is 1. The molecule has 4 nitrogen and oxygen atoms in total. The van der Waals surface area contributed by atoms with Crippen LogP contribution in [0.25, 0.3) is 0 Å². The van der Waals surface area contributed by atoms with E-state index >= 15 is 0 Å². The van der Waals surface area contributed by atoms with Crippen LogP contribution in [0.1, 0.15) is 59.8 Å². The van der Waals surface area contributed by atoms with Crippen molar-refractivity contribution in [2.45, 2.75) is 71.5 Å². The number of carboxylic acid groups (broad SMARTS) is 1. The molecule has 0 saturated heterocycles. The van der Waals surface area contributed by atoms with Crippen molar-refractivity contribution >= 4 is 5.97 Å². The molecule has 2 atom stereocenters. The topological polar surface area (TPSA) is 77.8 Å². The molecule has 0 bridgehead atoms. The zero-order valence-corrected chi connectivity index (χ0v) is 10.9. The van der Waals surface area contributed by atoms with Crippen LogP contribution in [0.5, 0.6) is 0 Å². The zero-order valence-electron chi connectivity index (χ0n) is 10.9. The second kappa shape index (κ2) is 9.60. The zero-order chi connectivity index (χ0) is 13.2. The number of aliphatic hydroxyl groups is 2. The van der Waals surface area contributed by atoms with Gasteiger partial charge in [0.05, 0.1) is 11.7 Å². The molecule has 0 aliphatic heterocycles. The lowest BCUT2D eigenvalue weighted by molar-refractivity contribution is -0.134. The summed E-state index contributed by atoms with van der Waals surface area (Å²) in [5.41, 5.74) is -0.807. The number of aliphatic carboxylic acids is 1. The molecule has 0 aromatic rings. The molecule has 0 amide bonds. The lowest BCUT2D eigenvalue weighted by atomic mass is 9.84. The number of hydrogen-bond acceptors (Lipinski definition) is 3. The second-order valence-electron chi connectivity index (χ2n) is 4.34. The van der Waals surface area contributed by atoms with Crippen LogP contribution in [0.3, 0.4) is 0 Å². The Hall–Kier alpha value is -0.610. The Bertz CT molecular complexity index is 174. The Kier molecular flexibility index (Phi) is 10.7. The Balaban J connectivity index is 0. The highest BCUT2D eigenvalue weighted by Gasteiger charge is 2.32. The summed E-state index contributed by atoms with van der Waals surface area (Å²) in [6.07, 6.45) is 4.36. The van der Waals surface area contributed by atoms with E-state index in [1.165, 1.54) is 6.42 Å². The number of carboxylic acids is 1. The van der Waals surface area contributed by atoms with E-state index in [0.29, 0.717) is 0 Å². The van der Waals surface area contributed by atoms with Crippen LogP contribution in [0.4, 0.5) is 0 Å². The van der Waals surface area contributed by atoms with Crippen molar-refractivity contribution in [1.82, 2.24) is 0 Å². The highest BCUT2D eigenvalue weighted by molar-refractivity contribution is 5.62. The molecule has 0 heterocycles. The van der Waals surface area contributed by atoms with Gasteiger partial charge in [-0.1, -0.05) is 33.1 Å². The fourth-order valence-corrected chi connectivity index (χ4v) is 1.30. The fourth-order valence-electron chi connectivity index (χ4n) is 1.30. The Morgan fingerprint density at radius 3 is 1.94 bits per heavy atom. The third kappa shape index (κ3) is 11.5. The van der Waals surface area contributed by atoms with Crippen molar-refractivity contribution in [3.63, 3.8) is 0 Å². The van der Waals surface area contributed by atoms with E-state index in [-0.39, 0.29) is 0 Å². The molecular weight excluding hydrogens is 208 g/mol. The van der Waals surface area contributed by atoms with Crippen molar-refractivity contribution < 1.29 is 20.1 Å². The van der Waals surface area contributed by atoms with Crippen LogP contribution in [0, 0.1) is 0 Å². The monoisotopic (exact) mass is 234 g/mol. The van der Waals surface area contributed by atoms with Gasteiger partial charge in [-0.25, -0.2) is 0 Å². The molecular formula is C12H26O4. The summed E-state index contributed by atoms with van der Waals surface area (Å²) in [4.78, 5) is 9.00. The lowest BCUT2D eigenvalue weighted by Crippen LogP contribution is -2.41. The largest absolute Gasteiger partial charge is 0.481 e. The van der Waals surface area contributed by atoms with Crippen molar-refractivity contribution in [3.8, 4) is 0 Å². The first-order valence-electron chi connectivity index (χ1n) is 5.87. The SMILES string of the molecule is CC(=O)O.CC1(O)CCCCC1O.CCC. The minimum atomic E-state index is -0.833. The molecule has 1 aliphatic carbocycles. The summed E-state index contributed by atoms with van der Waals surface area (Å²) >= 11 is 0. The van der Waals surface area contributed by atoms with Gasteiger partial charge in [0.25, 0.3) is 5.97 Å². The van der Waals surface area contributed by atoms with Crippen molar-refractivity contribution in [2.24, 2.45) is 0 Å². The molecule has 1 fully saturated rings. The van der Waals surface area contributed by atoms with Gasteiger partial charge in [0.1, 0.15) is 0 Å². The Morgan fingerprint density at radius 1 is 1.38 bits per heavy atom. The molecule has 98 valence electrons. The van der Waals surface area contributed by atoms with Crippen molar-refractivity contribution in [2.75, 3.05) is 0 Å². The van der Waals surface area contributed by atoms with Gasteiger partial charge in [-0.05, 0) is 19.8 Å². The van der Waals surface area contributed by atoms with E-state index in [2.05, 4.69) is 13.8 Å². The molecule has 4 heteroatoms. The van der Waals surface area contributed by atoms with Gasteiger partial charge in [-0.15, -0.1) is 0 Å². The summed E-state index contributed by atoms with van der Waals surface area (Å²) in [5.74, 6) is -0.833. The van der Waals surface area contributed by atoms with Gasteiger partial charge in [-0.2, -0.15) is 0 Å². The normalized spacial score (nSPS) is 28.0. The predicted molar refractivity (Wildman–Crippen MR) is 64.4 cm³/mol. The Morgan fingerprint density at radius 2 is 1.75 bits per heavy atom. The van der Waals surface area contributed by atoms with E-state index in [1.807, 2.05) is 0 Å². The Labute approximate surface area is 98.3 Å². The first-order chi connectivity index (χ1) is 7.27. The van der Waals surface area contributed by atoms with Crippen molar-refractivity contribution in [1.29, 1.82) is 0 Å². The molecule has 0 aromatic carbocycles. The maximum Gasteiger partial charge on any atom is 0.300 e. The van der Waals surface area contributed by atoms with Crippen molar-refractivity contribution in [3.05, 3.63) is 0 Å². The van der Waals surface area contributed by atoms with Gasteiger partial charge < -0.3 is 15.3 Å². The molecule has 0 spiro atoms. The summed E-state index contributed by atoms with van der Waals surface area (Å²) in [6, 6.07) is 0. The van der Waals surface area contributed by atoms with Gasteiger partial charge in [0, 0.05) is 6.92 Å². The molecule has 0 radical (unpaired) electrons. The minimum Gasteiger partial charge on any atom is -0.481 e. The average molecular weight is 234 g/mol. The molecule has 1 rings (SSSR count). The number of aliphatic hydroxyl groups excluding tert-OH is 1. The third-order valence-electron chi connectivity index (χ3n) is 2.13. The molecule has 3 N–H and O–H groups in total. The molecule has 16 heavy (non-hydrogen) atoms. The van der Waals surface area contributed by atoms with E-state index in [1.54, 1.807) is 6.92 Å². The summed E-state index contributed by atoms with van der Waals surface area (Å²) in [6.45, 7) is 7.04. The van der Waals surface area contributed by atoms with E-state index < -0.39 is 17.7 Å². The van der Waals surface area contributed by atoms with Crippen LogP contribution < -0.4 is 0 Å². The average Bonchev–Trinajstić information content (AvgIpc) is 2.10. The van der Waals surface area contributed by atoms with Crippen LogP contribution in [-0.4, -0.2) is 33.0 Å². The fraction of sp³-hybridized carbons (Fsp3) is 0.917. The minimum absolute atomic E-state index is 0.494. The van der Waals surface area contributed by atoms with Crippen LogP contribution in [0.2, 0.25) is 0 Å². The second-order valence-corrected chi connectivity index (χ2v) is 4.34. The van der Waals surface area contributed by atoms with Gasteiger partial charge in [-0.3, -0.25) is 4.79 Å². The highest BCUT2D eigenvalue weighted by atomic mass is 16.4. The number of hydrogen-bond donors (Lipinski definition) is 3. The molecule has 0 aromatic heterocycles. The first kappa shape index (κ1) is 17.8. The summed E-state index contributed by atoms with van der Waals surface area (Å²) in [7, 11) is 0. The quantitative estimate of drug-likeness (QED) is 0.600. The van der Waals surface area contributed by atoms with E-state index in [9.17, 15) is 10.2 Å². The maximum atomic E-state index is 9.39. The van der Waals surface area contributed by atoms with Gasteiger partial charge in [0.2, 0.25) is 0 Å². The maximum absolute atomic E-state index is 9.39. The van der Waals surface area contributed by atoms with Crippen LogP contribution >= 0.6 is 0 Å². The highest BCUT2D eigenvalue weighted by Crippen LogP contribution is 2.27. The molecule has 1 aliphatic rings. The first-order valence-corrected chi connectivity index (χ1v) is 5.87. The number of rotatable bonds is 0. The van der Waals surface area contributed by atoms with E-state index in [4.69, 9.17) is 9.90 Å². The van der Waals surface area contributed by atoms with Gasteiger partial charge in [0.15, 0.2) is 0 Å². The van der Waals surface area contributed by atoms with E-state index in [0.717, 1.165) is 32.6 Å². The molecule has 1 saturated carbocycles.